The summed E-state index contributed by atoms with van der Waals surface area (Å²) in [6.07, 6.45) is 1.39. The van der Waals surface area contributed by atoms with Crippen LogP contribution in [0.25, 0.3) is 11.0 Å². The van der Waals surface area contributed by atoms with Crippen molar-refractivity contribution in [2.24, 2.45) is 0 Å². The molecule has 1 unspecified atom stereocenters. The molecule has 2 aromatic carbocycles. The number of hydrogen-bond acceptors (Lipinski definition) is 4. The third-order valence-electron chi connectivity index (χ3n) is 5.36. The Labute approximate surface area is 156 Å². The molecule has 0 spiro atoms. The van der Waals surface area contributed by atoms with Gasteiger partial charge in [-0.25, -0.2) is 13.2 Å². The molecule has 3 N–H and O–H groups in total. The number of aliphatic hydroxyl groups is 1. The number of hydrogen-bond donors (Lipinski definition) is 3. The topological polar surface area (TPSA) is 106 Å². The number of rotatable bonds is 4. The van der Waals surface area contributed by atoms with E-state index in [-0.39, 0.29) is 23.7 Å². The van der Waals surface area contributed by atoms with E-state index in [1.54, 1.807) is 6.07 Å². The van der Waals surface area contributed by atoms with Crippen LogP contribution in [0.5, 0.6) is 0 Å². The Morgan fingerprint density at radius 3 is 2.56 bits per heavy atom. The van der Waals surface area contributed by atoms with Gasteiger partial charge in [-0.2, -0.15) is 4.31 Å². The maximum absolute atomic E-state index is 13.2. The van der Waals surface area contributed by atoms with Crippen LogP contribution in [0.15, 0.2) is 58.2 Å². The van der Waals surface area contributed by atoms with Gasteiger partial charge in [0.2, 0.25) is 10.0 Å². The smallest absolute Gasteiger partial charge is 0.323 e. The van der Waals surface area contributed by atoms with E-state index in [4.69, 9.17) is 0 Å². The predicted molar refractivity (Wildman–Crippen MR) is 102 cm³/mol. The fraction of sp³-hybridized carbons (Fsp3) is 0.316. The minimum absolute atomic E-state index is 0.118. The highest BCUT2D eigenvalue weighted by Crippen LogP contribution is 2.36. The number of aliphatic hydroxyl groups excluding tert-OH is 1. The molecule has 3 aromatic rings. The largest absolute Gasteiger partial charge is 0.395 e. The van der Waals surface area contributed by atoms with Crippen LogP contribution in [0.1, 0.15) is 18.4 Å². The zero-order valence-corrected chi connectivity index (χ0v) is 15.5. The quantitative estimate of drug-likeness (QED) is 0.632. The molecule has 1 aliphatic rings. The summed E-state index contributed by atoms with van der Waals surface area (Å²) < 4.78 is 27.9. The summed E-state index contributed by atoms with van der Waals surface area (Å²) in [7, 11) is -3.75. The van der Waals surface area contributed by atoms with Crippen molar-refractivity contribution < 1.29 is 13.5 Å². The molecule has 0 saturated carbocycles. The van der Waals surface area contributed by atoms with E-state index < -0.39 is 15.4 Å². The Kier molecular flexibility index (Phi) is 4.41. The molecule has 8 heteroatoms. The molecule has 7 nitrogen and oxygen atoms in total. The van der Waals surface area contributed by atoms with Crippen LogP contribution in [-0.4, -0.2) is 47.5 Å². The summed E-state index contributed by atoms with van der Waals surface area (Å²) in [4.78, 5) is 16.8. The van der Waals surface area contributed by atoms with Gasteiger partial charge in [0.1, 0.15) is 0 Å². The van der Waals surface area contributed by atoms with Gasteiger partial charge >= 0.3 is 5.69 Å². The number of H-pyrrole nitrogens is 2. The van der Waals surface area contributed by atoms with Gasteiger partial charge < -0.3 is 15.1 Å². The van der Waals surface area contributed by atoms with E-state index >= 15 is 0 Å². The highest BCUT2D eigenvalue weighted by molar-refractivity contribution is 7.89. The Morgan fingerprint density at radius 1 is 1.07 bits per heavy atom. The van der Waals surface area contributed by atoms with Crippen LogP contribution in [0.4, 0.5) is 0 Å². The van der Waals surface area contributed by atoms with Crippen LogP contribution >= 0.6 is 0 Å². The Balaban J connectivity index is 1.71. The maximum atomic E-state index is 13.2. The minimum atomic E-state index is -3.75. The lowest BCUT2D eigenvalue weighted by atomic mass is 9.75. The normalized spacial score (nSPS) is 21.5. The van der Waals surface area contributed by atoms with Crippen molar-refractivity contribution in [1.82, 2.24) is 14.3 Å². The standard InChI is InChI=1S/C19H21N3O4S/c23-13-19(14-5-2-1-3-6-14)9-4-10-22(12-19)27(25,26)15-7-8-16-17(11-15)21-18(24)20-16/h1-3,5-8,11,23H,4,9-10,12-13H2,(H2,20,21,24). The van der Waals surface area contributed by atoms with Gasteiger partial charge in [-0.3, -0.25) is 0 Å². The number of aromatic nitrogens is 2. The number of nitrogens with zero attached hydrogens (tertiary/aromatic N) is 1. The molecule has 1 aromatic heterocycles. The number of sulfonamides is 1. The second kappa shape index (κ2) is 6.63. The fourth-order valence-corrected chi connectivity index (χ4v) is 5.45. The van der Waals surface area contributed by atoms with Gasteiger partial charge in [0, 0.05) is 18.5 Å². The zero-order valence-electron chi connectivity index (χ0n) is 14.7. The lowest BCUT2D eigenvalue weighted by Crippen LogP contribution is -2.50. The average molecular weight is 387 g/mol. The monoisotopic (exact) mass is 387 g/mol. The van der Waals surface area contributed by atoms with Gasteiger partial charge in [0.15, 0.2) is 0 Å². The summed E-state index contributed by atoms with van der Waals surface area (Å²) in [5.74, 6) is 0. The van der Waals surface area contributed by atoms with Crippen molar-refractivity contribution in [3.63, 3.8) is 0 Å². The summed E-state index contributed by atoms with van der Waals surface area (Å²) in [6, 6.07) is 14.1. The third kappa shape index (κ3) is 3.09. The second-order valence-electron chi connectivity index (χ2n) is 7.03. The molecule has 1 atom stereocenters. The minimum Gasteiger partial charge on any atom is -0.395 e. The number of fused-ring (bicyclic) bond motifs is 1. The third-order valence-corrected chi connectivity index (χ3v) is 7.20. The van der Waals surface area contributed by atoms with Crippen molar-refractivity contribution >= 4 is 21.1 Å². The molecule has 0 radical (unpaired) electrons. The predicted octanol–water partition coefficient (Wildman–Crippen LogP) is 1.57. The summed E-state index contributed by atoms with van der Waals surface area (Å²) in [5.41, 5.74) is 0.971. The van der Waals surface area contributed by atoms with E-state index in [1.807, 2.05) is 30.3 Å². The van der Waals surface area contributed by atoms with Gasteiger partial charge in [-0.05, 0) is 36.6 Å². The Bertz CT molecular complexity index is 1120. The molecule has 1 saturated heterocycles. The molecule has 1 fully saturated rings. The molecule has 142 valence electrons. The number of nitrogens with one attached hydrogen (secondary N) is 2. The molecule has 0 amide bonds. The van der Waals surface area contributed by atoms with E-state index in [1.165, 1.54) is 16.4 Å². The van der Waals surface area contributed by atoms with E-state index in [0.717, 1.165) is 12.0 Å². The van der Waals surface area contributed by atoms with Crippen LogP contribution in [0.3, 0.4) is 0 Å². The highest BCUT2D eigenvalue weighted by atomic mass is 32.2. The molecule has 4 rings (SSSR count). The van der Waals surface area contributed by atoms with Crippen molar-refractivity contribution in [1.29, 1.82) is 0 Å². The molecular weight excluding hydrogens is 366 g/mol. The molecular formula is C19H21N3O4S. The SMILES string of the molecule is O=c1[nH]c2ccc(S(=O)(=O)N3CCCC(CO)(c4ccccc4)C3)cc2[nH]1. The van der Waals surface area contributed by atoms with E-state index in [0.29, 0.717) is 24.0 Å². The molecule has 2 heterocycles. The first-order valence-corrected chi connectivity index (χ1v) is 10.3. The van der Waals surface area contributed by atoms with Crippen molar-refractivity contribution in [2.45, 2.75) is 23.2 Å². The van der Waals surface area contributed by atoms with Crippen LogP contribution < -0.4 is 5.69 Å². The first-order valence-electron chi connectivity index (χ1n) is 8.83. The van der Waals surface area contributed by atoms with Crippen molar-refractivity contribution in [3.8, 4) is 0 Å². The van der Waals surface area contributed by atoms with Gasteiger partial charge in [0.05, 0.1) is 22.5 Å². The maximum Gasteiger partial charge on any atom is 0.323 e. The van der Waals surface area contributed by atoms with Gasteiger partial charge in [-0.1, -0.05) is 30.3 Å². The fourth-order valence-electron chi connectivity index (χ4n) is 3.86. The lowest BCUT2D eigenvalue weighted by Gasteiger charge is -2.41. The lowest BCUT2D eigenvalue weighted by molar-refractivity contribution is 0.129. The molecule has 0 bridgehead atoms. The zero-order chi connectivity index (χ0) is 19.1. The number of imidazole rings is 1. The summed E-state index contributed by atoms with van der Waals surface area (Å²) in [5, 5.41) is 10.1. The van der Waals surface area contributed by atoms with Crippen LogP contribution in [0, 0.1) is 0 Å². The first kappa shape index (κ1) is 18.0. The highest BCUT2D eigenvalue weighted by Gasteiger charge is 2.41. The Hall–Kier alpha value is -2.42. The molecule has 1 aliphatic heterocycles. The van der Waals surface area contributed by atoms with E-state index in [2.05, 4.69) is 9.97 Å². The van der Waals surface area contributed by atoms with E-state index in [9.17, 15) is 18.3 Å². The Morgan fingerprint density at radius 2 is 1.81 bits per heavy atom. The van der Waals surface area contributed by atoms with Crippen LogP contribution in [0.2, 0.25) is 0 Å². The van der Waals surface area contributed by atoms with Gasteiger partial charge in [-0.15, -0.1) is 0 Å². The molecule has 27 heavy (non-hydrogen) atoms. The number of piperidine rings is 1. The summed E-state index contributed by atoms with van der Waals surface area (Å²) >= 11 is 0. The summed E-state index contributed by atoms with van der Waals surface area (Å²) in [6.45, 7) is 0.503. The second-order valence-corrected chi connectivity index (χ2v) is 8.97. The number of benzene rings is 2. The first-order chi connectivity index (χ1) is 12.9. The molecule has 0 aliphatic carbocycles. The van der Waals surface area contributed by atoms with Crippen molar-refractivity contribution in [2.75, 3.05) is 19.7 Å². The number of aromatic amines is 2. The van der Waals surface area contributed by atoms with Crippen molar-refractivity contribution in [3.05, 3.63) is 64.6 Å². The van der Waals surface area contributed by atoms with Gasteiger partial charge in [0.25, 0.3) is 0 Å². The average Bonchev–Trinajstić information content (AvgIpc) is 3.08. The van der Waals surface area contributed by atoms with Crippen LogP contribution in [-0.2, 0) is 15.4 Å².